The van der Waals surface area contributed by atoms with Crippen molar-refractivity contribution < 1.29 is 40.9 Å². The first-order valence-corrected chi connectivity index (χ1v) is 13.9. The molecule has 0 spiro atoms. The number of nitrogens with one attached hydrogen (secondary N) is 2. The zero-order chi connectivity index (χ0) is 29.7. The Morgan fingerprint density at radius 3 is 2.52 bits per heavy atom. The Hall–Kier alpha value is -3.75. The monoisotopic (exact) mass is 594 g/mol. The van der Waals surface area contributed by atoms with Gasteiger partial charge in [-0.05, 0) is 61.4 Å². The molecule has 42 heavy (non-hydrogen) atoms. The van der Waals surface area contributed by atoms with Crippen LogP contribution < -0.4 is 10.6 Å². The van der Waals surface area contributed by atoms with Gasteiger partial charge in [0.05, 0.1) is 18.6 Å². The fourth-order valence-corrected chi connectivity index (χ4v) is 6.22. The SMILES string of the molecule is Cc1nonc1C(=O)N[C@H](c1nc2cc(C3(N4CC(F)(F)CNC4=O)CCOCC3)ccc2o1)C1CCC(F)(F)CC1. The van der Waals surface area contributed by atoms with Gasteiger partial charge in [0.1, 0.15) is 17.3 Å². The molecule has 6 rings (SSSR count). The van der Waals surface area contributed by atoms with Gasteiger partial charge in [0.2, 0.25) is 11.8 Å². The number of ether oxygens (including phenoxy) is 1. The van der Waals surface area contributed by atoms with Crippen LogP contribution in [0.1, 0.15) is 72.2 Å². The summed E-state index contributed by atoms with van der Waals surface area (Å²) >= 11 is 0. The number of halogens is 4. The van der Waals surface area contributed by atoms with E-state index in [0.29, 0.717) is 29.5 Å². The van der Waals surface area contributed by atoms with Gasteiger partial charge in [-0.3, -0.25) is 4.79 Å². The number of oxazole rings is 1. The Labute approximate surface area is 237 Å². The van der Waals surface area contributed by atoms with Gasteiger partial charge in [0.15, 0.2) is 11.3 Å². The van der Waals surface area contributed by atoms with E-state index in [9.17, 15) is 27.2 Å². The number of aromatic nitrogens is 3. The molecule has 226 valence electrons. The van der Waals surface area contributed by atoms with Crippen molar-refractivity contribution >= 4 is 23.0 Å². The third-order valence-electron chi connectivity index (χ3n) is 8.56. The van der Waals surface area contributed by atoms with Crippen molar-refractivity contribution in [3.05, 3.63) is 41.0 Å². The number of urea groups is 1. The number of alkyl halides is 4. The summed E-state index contributed by atoms with van der Waals surface area (Å²) in [6, 6.07) is 3.59. The number of amides is 3. The second-order valence-electron chi connectivity index (χ2n) is 11.3. The fourth-order valence-electron chi connectivity index (χ4n) is 6.22. The van der Waals surface area contributed by atoms with E-state index in [-0.39, 0.29) is 56.2 Å². The Balaban J connectivity index is 1.36. The summed E-state index contributed by atoms with van der Waals surface area (Å²) in [5.74, 6) is -6.80. The Morgan fingerprint density at radius 2 is 1.83 bits per heavy atom. The largest absolute Gasteiger partial charge is 0.438 e. The Bertz CT molecular complexity index is 1480. The third-order valence-corrected chi connectivity index (χ3v) is 8.56. The molecule has 4 heterocycles. The van der Waals surface area contributed by atoms with Gasteiger partial charge in [-0.1, -0.05) is 11.2 Å². The van der Waals surface area contributed by atoms with Gasteiger partial charge in [-0.25, -0.2) is 32.0 Å². The quantitative estimate of drug-likeness (QED) is 0.399. The minimum atomic E-state index is -3.11. The second-order valence-corrected chi connectivity index (χ2v) is 11.3. The second kappa shape index (κ2) is 10.5. The van der Waals surface area contributed by atoms with Gasteiger partial charge in [0.25, 0.3) is 11.8 Å². The molecule has 1 atom stereocenters. The zero-order valence-corrected chi connectivity index (χ0v) is 22.8. The lowest BCUT2D eigenvalue weighted by atomic mass is 9.80. The average molecular weight is 595 g/mol. The molecule has 2 N–H and O–H groups in total. The minimum Gasteiger partial charge on any atom is -0.438 e. The summed E-state index contributed by atoms with van der Waals surface area (Å²) in [4.78, 5) is 31.7. The molecule has 3 fully saturated rings. The fraction of sp³-hybridized carbons (Fsp3) is 0.593. The first kappa shape index (κ1) is 28.4. The number of aryl methyl sites for hydroxylation is 1. The first-order chi connectivity index (χ1) is 20.0. The van der Waals surface area contributed by atoms with Crippen molar-refractivity contribution in [2.75, 3.05) is 26.3 Å². The first-order valence-electron chi connectivity index (χ1n) is 13.9. The van der Waals surface area contributed by atoms with Crippen LogP contribution in [-0.2, 0) is 10.3 Å². The van der Waals surface area contributed by atoms with E-state index in [1.165, 1.54) is 4.90 Å². The lowest BCUT2D eigenvalue weighted by Gasteiger charge is -2.49. The molecule has 1 aromatic carbocycles. The van der Waals surface area contributed by atoms with Gasteiger partial charge in [-0.15, -0.1) is 0 Å². The molecule has 0 radical (unpaired) electrons. The third kappa shape index (κ3) is 5.29. The van der Waals surface area contributed by atoms with Crippen LogP contribution in [0.25, 0.3) is 11.1 Å². The van der Waals surface area contributed by atoms with E-state index in [1.807, 2.05) is 0 Å². The maximum Gasteiger partial charge on any atom is 0.318 e. The number of carbonyl (C=O) groups is 2. The van der Waals surface area contributed by atoms with Gasteiger partial charge in [-0.2, -0.15) is 0 Å². The van der Waals surface area contributed by atoms with Crippen LogP contribution in [0.4, 0.5) is 22.4 Å². The highest BCUT2D eigenvalue weighted by Gasteiger charge is 2.50. The van der Waals surface area contributed by atoms with Crippen LogP contribution in [0.15, 0.2) is 27.2 Å². The van der Waals surface area contributed by atoms with Crippen molar-refractivity contribution in [1.29, 1.82) is 0 Å². The van der Waals surface area contributed by atoms with Gasteiger partial charge >= 0.3 is 6.03 Å². The van der Waals surface area contributed by atoms with E-state index in [2.05, 4.69) is 30.6 Å². The Morgan fingerprint density at radius 1 is 1.10 bits per heavy atom. The van der Waals surface area contributed by atoms with Crippen molar-refractivity contribution in [2.24, 2.45) is 5.92 Å². The predicted octanol–water partition coefficient (Wildman–Crippen LogP) is 4.48. The molecule has 1 saturated carbocycles. The topological polar surface area (TPSA) is 136 Å². The van der Waals surface area contributed by atoms with Crippen molar-refractivity contribution in [3.8, 4) is 0 Å². The summed E-state index contributed by atoms with van der Waals surface area (Å²) < 4.78 is 73.1. The summed E-state index contributed by atoms with van der Waals surface area (Å²) in [6.45, 7) is 0.623. The highest BCUT2D eigenvalue weighted by molar-refractivity contribution is 5.93. The van der Waals surface area contributed by atoms with Crippen LogP contribution in [0.2, 0.25) is 0 Å². The number of hydrogen-bond acceptors (Lipinski definition) is 8. The average Bonchev–Trinajstić information content (AvgIpc) is 3.59. The van der Waals surface area contributed by atoms with Crippen LogP contribution in [-0.4, -0.2) is 70.3 Å². The molecule has 11 nitrogen and oxygen atoms in total. The van der Waals surface area contributed by atoms with Gasteiger partial charge < -0.3 is 24.7 Å². The maximum atomic E-state index is 14.5. The summed E-state index contributed by atoms with van der Waals surface area (Å²) in [5, 5.41) is 12.4. The molecule has 2 saturated heterocycles. The molecule has 3 aromatic rings. The van der Waals surface area contributed by atoms with E-state index >= 15 is 0 Å². The molecule has 1 aliphatic carbocycles. The molecule has 2 aliphatic heterocycles. The molecule has 0 unspecified atom stereocenters. The highest BCUT2D eigenvalue weighted by atomic mass is 19.3. The van der Waals surface area contributed by atoms with Crippen LogP contribution in [0.3, 0.4) is 0 Å². The number of benzene rings is 1. The number of nitrogens with zero attached hydrogens (tertiary/aromatic N) is 4. The van der Waals surface area contributed by atoms with Crippen LogP contribution in [0.5, 0.6) is 0 Å². The lowest BCUT2D eigenvalue weighted by molar-refractivity contribution is -0.0868. The normalized spacial score (nSPS) is 23.0. The number of hydrogen-bond donors (Lipinski definition) is 2. The molecule has 2 aromatic heterocycles. The van der Waals surface area contributed by atoms with Crippen molar-refractivity contribution in [1.82, 2.24) is 30.8 Å². The molecule has 0 bridgehead atoms. The van der Waals surface area contributed by atoms with Crippen LogP contribution in [0, 0.1) is 12.8 Å². The van der Waals surface area contributed by atoms with E-state index in [0.717, 1.165) is 0 Å². The number of rotatable bonds is 6. The molecule has 15 heteroatoms. The van der Waals surface area contributed by atoms with E-state index in [4.69, 9.17) is 9.15 Å². The summed E-state index contributed by atoms with van der Waals surface area (Å²) in [6.07, 6.45) is 0.163. The molecular formula is C27H30F4N6O5. The maximum absolute atomic E-state index is 14.5. The molecule has 3 amide bonds. The van der Waals surface area contributed by atoms with Crippen molar-refractivity contribution in [2.45, 2.75) is 68.9 Å². The number of carbonyl (C=O) groups excluding carboxylic acids is 2. The summed E-state index contributed by atoms with van der Waals surface area (Å²) in [5.41, 5.74) is 0.462. The van der Waals surface area contributed by atoms with E-state index < -0.39 is 54.4 Å². The summed E-state index contributed by atoms with van der Waals surface area (Å²) in [7, 11) is 0. The lowest BCUT2D eigenvalue weighted by Crippen LogP contribution is -2.64. The minimum absolute atomic E-state index is 0.0439. The zero-order valence-electron chi connectivity index (χ0n) is 22.8. The van der Waals surface area contributed by atoms with Crippen LogP contribution >= 0.6 is 0 Å². The molecule has 3 aliphatic rings. The standard InChI is InChI=1S/C27H30F4N6O5/c1-15-20(36-42-35-15)22(38)34-21(16-4-6-26(28,29)7-5-16)23-33-18-12-17(2-3-19(18)41-23)25(8-10-40-11-9-25)37-14-27(30,31)13-32-24(37)39/h2-3,12,16,21H,4-11,13-14H2,1H3,(H,32,39)(H,34,38)/t21-/m0/s1. The predicted molar refractivity (Wildman–Crippen MR) is 137 cm³/mol. The smallest absolute Gasteiger partial charge is 0.318 e. The van der Waals surface area contributed by atoms with Gasteiger partial charge in [0, 0.05) is 26.1 Å². The van der Waals surface area contributed by atoms with E-state index in [1.54, 1.807) is 25.1 Å². The number of fused-ring (bicyclic) bond motifs is 1. The highest BCUT2D eigenvalue weighted by Crippen LogP contribution is 2.44. The van der Waals surface area contributed by atoms with Crippen molar-refractivity contribution in [3.63, 3.8) is 0 Å². The Kier molecular flexibility index (Phi) is 7.10. The molecular weight excluding hydrogens is 564 g/mol.